The molecule has 0 spiro atoms. The molecule has 0 aromatic carbocycles. The maximum Gasteiger partial charge on any atom is 0.237 e. The molecule has 1 rings (SSSR count). The van der Waals surface area contributed by atoms with Gasteiger partial charge in [-0.15, -0.1) is 11.8 Å². The van der Waals surface area contributed by atoms with Gasteiger partial charge in [0.25, 0.3) is 0 Å². The van der Waals surface area contributed by atoms with Gasteiger partial charge in [0, 0.05) is 0 Å². The minimum Gasteiger partial charge on any atom is -0.337 e. The molecular weight excluding hydrogens is 208 g/mol. The van der Waals surface area contributed by atoms with Crippen molar-refractivity contribution in [2.45, 2.75) is 50.3 Å². The van der Waals surface area contributed by atoms with Gasteiger partial charge in [-0.25, -0.2) is 0 Å². The summed E-state index contributed by atoms with van der Waals surface area (Å²) in [5, 5.41) is 11.8. The molecule has 2 unspecified atom stereocenters. The van der Waals surface area contributed by atoms with E-state index in [0.717, 1.165) is 18.6 Å². The van der Waals surface area contributed by atoms with Gasteiger partial charge >= 0.3 is 0 Å². The van der Waals surface area contributed by atoms with Crippen molar-refractivity contribution in [2.75, 3.05) is 5.75 Å². The number of carbonyl (C=O) groups is 1. The highest BCUT2D eigenvalue weighted by molar-refractivity contribution is 8.01. The number of hydrogen-bond acceptors (Lipinski definition) is 3. The fraction of sp³-hybridized carbons (Fsp3) is 0.818. The summed E-state index contributed by atoms with van der Waals surface area (Å²) < 4.78 is -0.326. The Morgan fingerprint density at radius 2 is 2.40 bits per heavy atom. The fourth-order valence-corrected chi connectivity index (χ4v) is 2.75. The van der Waals surface area contributed by atoms with Crippen molar-refractivity contribution < 1.29 is 4.79 Å². The van der Waals surface area contributed by atoms with E-state index in [2.05, 4.69) is 11.4 Å². The van der Waals surface area contributed by atoms with Gasteiger partial charge in [0.15, 0.2) is 0 Å². The number of carbonyl (C=O) groups excluding carboxylic acids is 1. The number of nitrogens with zero attached hydrogens (tertiary/aromatic N) is 1. The molecule has 1 aliphatic rings. The minimum absolute atomic E-state index is 0.0101. The lowest BCUT2D eigenvalue weighted by Gasteiger charge is -2.28. The maximum absolute atomic E-state index is 12.0. The van der Waals surface area contributed by atoms with Gasteiger partial charge in [-0.2, -0.15) is 5.26 Å². The van der Waals surface area contributed by atoms with Crippen molar-refractivity contribution in [1.29, 1.82) is 5.26 Å². The summed E-state index contributed by atoms with van der Waals surface area (Å²) in [6, 6.07) is 2.16. The maximum atomic E-state index is 12.0. The topological polar surface area (TPSA) is 52.9 Å². The first kappa shape index (κ1) is 12.4. The van der Waals surface area contributed by atoms with E-state index in [4.69, 9.17) is 5.26 Å². The Kier molecular flexibility index (Phi) is 3.67. The van der Waals surface area contributed by atoms with Gasteiger partial charge in [-0.05, 0) is 38.9 Å². The molecule has 1 aliphatic heterocycles. The van der Waals surface area contributed by atoms with Crippen molar-refractivity contribution in [2.24, 2.45) is 0 Å². The van der Waals surface area contributed by atoms with E-state index in [-0.39, 0.29) is 10.7 Å². The second kappa shape index (κ2) is 4.44. The molecule has 2 atom stereocenters. The van der Waals surface area contributed by atoms with Crippen LogP contribution in [-0.4, -0.2) is 21.9 Å². The van der Waals surface area contributed by atoms with Crippen molar-refractivity contribution in [1.82, 2.24) is 5.32 Å². The Bertz CT molecular complexity index is 291. The highest BCUT2D eigenvalue weighted by Crippen LogP contribution is 2.38. The fourth-order valence-electron chi connectivity index (χ4n) is 1.54. The predicted octanol–water partition coefficient (Wildman–Crippen LogP) is 2.08. The number of amides is 1. The highest BCUT2D eigenvalue weighted by atomic mass is 32.2. The molecule has 1 N–H and O–H groups in total. The van der Waals surface area contributed by atoms with Crippen molar-refractivity contribution in [3.63, 3.8) is 0 Å². The van der Waals surface area contributed by atoms with E-state index in [0.29, 0.717) is 6.42 Å². The van der Waals surface area contributed by atoms with Crippen LogP contribution >= 0.6 is 11.8 Å². The molecular formula is C11H18N2OS. The summed E-state index contributed by atoms with van der Waals surface area (Å²) in [7, 11) is 0. The average molecular weight is 226 g/mol. The summed E-state index contributed by atoms with van der Waals surface area (Å²) in [5.41, 5.74) is -0.719. The Labute approximate surface area is 95.6 Å². The van der Waals surface area contributed by atoms with Crippen LogP contribution in [0.15, 0.2) is 0 Å². The lowest BCUT2D eigenvalue weighted by atomic mass is 9.98. The summed E-state index contributed by atoms with van der Waals surface area (Å²) in [4.78, 5) is 12.0. The lowest BCUT2D eigenvalue weighted by molar-refractivity contribution is -0.124. The van der Waals surface area contributed by atoms with Crippen molar-refractivity contribution >= 4 is 17.7 Å². The first-order chi connectivity index (χ1) is 6.96. The van der Waals surface area contributed by atoms with Crippen LogP contribution < -0.4 is 5.32 Å². The minimum atomic E-state index is -0.719. The molecule has 0 aromatic rings. The second-order valence-electron chi connectivity index (χ2n) is 4.43. The van der Waals surface area contributed by atoms with Gasteiger partial charge < -0.3 is 5.32 Å². The van der Waals surface area contributed by atoms with Crippen molar-refractivity contribution in [3.05, 3.63) is 0 Å². The second-order valence-corrected chi connectivity index (χ2v) is 6.03. The Hall–Kier alpha value is -0.690. The largest absolute Gasteiger partial charge is 0.337 e. The van der Waals surface area contributed by atoms with Crippen LogP contribution in [0.5, 0.6) is 0 Å². The van der Waals surface area contributed by atoms with Gasteiger partial charge in [0.2, 0.25) is 5.91 Å². The molecule has 0 saturated carbocycles. The normalized spacial score (nSPS) is 29.2. The monoisotopic (exact) mass is 226 g/mol. The average Bonchev–Trinajstić information content (AvgIpc) is 2.66. The summed E-state index contributed by atoms with van der Waals surface area (Å²) >= 11 is 1.69. The molecule has 1 amide bonds. The standard InChI is InChI=1S/C11H18N2OS/c1-4-10(2,8-12)13-9(14)11(3)6-5-7-15-11/h4-7H2,1-3H3,(H,13,14). The van der Waals surface area contributed by atoms with Crippen LogP contribution in [0.3, 0.4) is 0 Å². The van der Waals surface area contributed by atoms with Crippen LogP contribution in [0.1, 0.15) is 40.0 Å². The molecule has 1 saturated heterocycles. The quantitative estimate of drug-likeness (QED) is 0.801. The Morgan fingerprint density at radius 1 is 1.73 bits per heavy atom. The third kappa shape index (κ3) is 2.66. The van der Waals surface area contributed by atoms with Gasteiger partial charge in [-0.3, -0.25) is 4.79 Å². The highest BCUT2D eigenvalue weighted by Gasteiger charge is 2.39. The van der Waals surface area contributed by atoms with E-state index >= 15 is 0 Å². The van der Waals surface area contributed by atoms with Crippen LogP contribution in [0.25, 0.3) is 0 Å². The van der Waals surface area contributed by atoms with E-state index in [1.165, 1.54) is 0 Å². The zero-order valence-corrected chi connectivity index (χ0v) is 10.4. The molecule has 0 radical (unpaired) electrons. The number of hydrogen-bond donors (Lipinski definition) is 1. The van der Waals surface area contributed by atoms with Gasteiger partial charge in [-0.1, -0.05) is 6.92 Å². The molecule has 1 heterocycles. The van der Waals surface area contributed by atoms with E-state index in [1.807, 2.05) is 13.8 Å². The third-order valence-electron chi connectivity index (χ3n) is 3.04. The zero-order chi connectivity index (χ0) is 11.5. The Balaban J connectivity index is 2.67. The first-order valence-corrected chi connectivity index (χ1v) is 6.32. The molecule has 4 heteroatoms. The van der Waals surface area contributed by atoms with E-state index in [1.54, 1.807) is 18.7 Å². The molecule has 0 aromatic heterocycles. The molecule has 0 bridgehead atoms. The molecule has 1 fully saturated rings. The van der Waals surface area contributed by atoms with Crippen LogP contribution in [-0.2, 0) is 4.79 Å². The predicted molar refractivity (Wildman–Crippen MR) is 62.5 cm³/mol. The number of rotatable bonds is 3. The molecule has 3 nitrogen and oxygen atoms in total. The van der Waals surface area contributed by atoms with Gasteiger partial charge in [0.1, 0.15) is 5.54 Å². The number of nitriles is 1. The van der Waals surface area contributed by atoms with Crippen LogP contribution in [0, 0.1) is 11.3 Å². The zero-order valence-electron chi connectivity index (χ0n) is 9.59. The van der Waals surface area contributed by atoms with E-state index in [9.17, 15) is 4.79 Å². The van der Waals surface area contributed by atoms with Crippen LogP contribution in [0.2, 0.25) is 0 Å². The van der Waals surface area contributed by atoms with E-state index < -0.39 is 5.54 Å². The summed E-state index contributed by atoms with van der Waals surface area (Å²) in [5.74, 6) is 1.05. The first-order valence-electron chi connectivity index (χ1n) is 5.33. The number of nitrogens with one attached hydrogen (secondary N) is 1. The third-order valence-corrected chi connectivity index (χ3v) is 4.56. The lowest BCUT2D eigenvalue weighted by Crippen LogP contribution is -2.51. The molecule has 84 valence electrons. The SMILES string of the molecule is CCC(C)(C#N)NC(=O)C1(C)CCCS1. The Morgan fingerprint density at radius 3 is 2.80 bits per heavy atom. The molecule has 0 aliphatic carbocycles. The van der Waals surface area contributed by atoms with Crippen LogP contribution in [0.4, 0.5) is 0 Å². The smallest absolute Gasteiger partial charge is 0.237 e. The summed E-state index contributed by atoms with van der Waals surface area (Å²) in [6.07, 6.45) is 2.63. The van der Waals surface area contributed by atoms with Gasteiger partial charge in [0.05, 0.1) is 10.8 Å². The number of thioether (sulfide) groups is 1. The molecule has 15 heavy (non-hydrogen) atoms. The summed E-state index contributed by atoms with van der Waals surface area (Å²) in [6.45, 7) is 5.65. The van der Waals surface area contributed by atoms with Crippen molar-refractivity contribution in [3.8, 4) is 6.07 Å².